The molecule has 1 fully saturated rings. The number of hydrogen-bond acceptors (Lipinski definition) is 6. The summed E-state index contributed by atoms with van der Waals surface area (Å²) in [6.45, 7) is 2.62. The van der Waals surface area contributed by atoms with Crippen LogP contribution in [0.1, 0.15) is 36.1 Å². The topological polar surface area (TPSA) is 80.2 Å². The Hall–Kier alpha value is -2.51. The van der Waals surface area contributed by atoms with Gasteiger partial charge in [-0.05, 0) is 31.5 Å². The Balaban J connectivity index is 1.44. The second-order valence-corrected chi connectivity index (χ2v) is 6.78. The van der Waals surface area contributed by atoms with Crippen molar-refractivity contribution in [3.05, 3.63) is 53.9 Å². The number of oxazole rings is 1. The quantitative estimate of drug-likeness (QED) is 0.758. The number of rotatable bonds is 5. The SMILES string of the molecule is Cn1c(CO)nnc1[C@@H]1CCCN(Cc2coc(-c3ccccc3)n2)C1. The predicted octanol–water partition coefficient (Wildman–Crippen LogP) is 2.34. The number of piperidine rings is 1. The van der Waals surface area contributed by atoms with Crippen LogP contribution in [0.3, 0.4) is 0 Å². The molecule has 136 valence electrons. The third-order valence-electron chi connectivity index (χ3n) is 4.97. The number of aliphatic hydroxyl groups is 1. The first kappa shape index (κ1) is 16.9. The average molecular weight is 353 g/mol. The molecule has 7 heteroatoms. The fourth-order valence-electron chi connectivity index (χ4n) is 3.60. The van der Waals surface area contributed by atoms with Gasteiger partial charge in [0.15, 0.2) is 5.82 Å². The van der Waals surface area contributed by atoms with Crippen LogP contribution in [0.15, 0.2) is 41.0 Å². The summed E-state index contributed by atoms with van der Waals surface area (Å²) in [6, 6.07) is 9.95. The van der Waals surface area contributed by atoms with Gasteiger partial charge in [0.2, 0.25) is 5.89 Å². The summed E-state index contributed by atoms with van der Waals surface area (Å²) in [5, 5.41) is 17.7. The zero-order valence-corrected chi connectivity index (χ0v) is 14.9. The maximum absolute atomic E-state index is 9.32. The average Bonchev–Trinajstić information content (AvgIpc) is 3.29. The Morgan fingerprint density at radius 3 is 2.85 bits per heavy atom. The van der Waals surface area contributed by atoms with E-state index in [0.29, 0.717) is 17.6 Å². The number of benzene rings is 1. The van der Waals surface area contributed by atoms with Crippen LogP contribution in [0.2, 0.25) is 0 Å². The highest BCUT2D eigenvalue weighted by Gasteiger charge is 2.26. The van der Waals surface area contributed by atoms with Crippen molar-refractivity contribution >= 4 is 0 Å². The van der Waals surface area contributed by atoms with Crippen molar-refractivity contribution in [1.29, 1.82) is 0 Å². The van der Waals surface area contributed by atoms with Gasteiger partial charge in [0.05, 0.1) is 5.69 Å². The predicted molar refractivity (Wildman–Crippen MR) is 96.1 cm³/mol. The van der Waals surface area contributed by atoms with Crippen molar-refractivity contribution in [2.45, 2.75) is 31.9 Å². The first-order valence-corrected chi connectivity index (χ1v) is 8.96. The Labute approximate surface area is 152 Å². The Morgan fingerprint density at radius 2 is 2.08 bits per heavy atom. The highest BCUT2D eigenvalue weighted by Crippen LogP contribution is 2.27. The highest BCUT2D eigenvalue weighted by atomic mass is 16.3. The van der Waals surface area contributed by atoms with Gasteiger partial charge in [-0.25, -0.2) is 4.98 Å². The monoisotopic (exact) mass is 353 g/mol. The van der Waals surface area contributed by atoms with Crippen LogP contribution in [0.4, 0.5) is 0 Å². The molecule has 1 aliphatic rings. The lowest BCUT2D eigenvalue weighted by Crippen LogP contribution is -2.35. The zero-order valence-electron chi connectivity index (χ0n) is 14.9. The highest BCUT2D eigenvalue weighted by molar-refractivity contribution is 5.52. The molecule has 1 aromatic carbocycles. The summed E-state index contributed by atoms with van der Waals surface area (Å²) in [6.07, 6.45) is 3.94. The van der Waals surface area contributed by atoms with Gasteiger partial charge in [-0.3, -0.25) is 4.90 Å². The van der Waals surface area contributed by atoms with E-state index < -0.39 is 0 Å². The molecular formula is C19H23N5O2. The van der Waals surface area contributed by atoms with Gasteiger partial charge in [-0.1, -0.05) is 18.2 Å². The smallest absolute Gasteiger partial charge is 0.226 e. The van der Waals surface area contributed by atoms with Crippen molar-refractivity contribution in [2.75, 3.05) is 13.1 Å². The molecule has 7 nitrogen and oxygen atoms in total. The van der Waals surface area contributed by atoms with Gasteiger partial charge >= 0.3 is 0 Å². The van der Waals surface area contributed by atoms with Gasteiger partial charge < -0.3 is 14.1 Å². The van der Waals surface area contributed by atoms with Gasteiger partial charge in [-0.15, -0.1) is 10.2 Å². The fraction of sp³-hybridized carbons (Fsp3) is 0.421. The third kappa shape index (κ3) is 3.40. The van der Waals surface area contributed by atoms with Crippen molar-refractivity contribution < 1.29 is 9.52 Å². The van der Waals surface area contributed by atoms with E-state index in [2.05, 4.69) is 20.1 Å². The lowest BCUT2D eigenvalue weighted by atomic mass is 9.97. The van der Waals surface area contributed by atoms with E-state index in [-0.39, 0.29) is 6.61 Å². The van der Waals surface area contributed by atoms with Crippen molar-refractivity contribution in [3.63, 3.8) is 0 Å². The molecule has 0 spiro atoms. The van der Waals surface area contributed by atoms with Gasteiger partial charge in [-0.2, -0.15) is 0 Å². The van der Waals surface area contributed by atoms with Crippen molar-refractivity contribution in [2.24, 2.45) is 7.05 Å². The number of aliphatic hydroxyl groups excluding tert-OH is 1. The molecule has 4 rings (SSSR count). The van der Waals surface area contributed by atoms with Crippen molar-refractivity contribution in [1.82, 2.24) is 24.6 Å². The molecule has 3 heterocycles. The molecule has 26 heavy (non-hydrogen) atoms. The number of likely N-dealkylation sites (tertiary alicyclic amines) is 1. The molecule has 1 saturated heterocycles. The second kappa shape index (κ2) is 7.39. The summed E-state index contributed by atoms with van der Waals surface area (Å²) in [5.74, 6) is 2.54. The third-order valence-corrected chi connectivity index (χ3v) is 4.97. The molecule has 1 aliphatic heterocycles. The summed E-state index contributed by atoms with van der Waals surface area (Å²) >= 11 is 0. The van der Waals surface area contributed by atoms with Crippen LogP contribution in [-0.2, 0) is 20.2 Å². The lowest BCUT2D eigenvalue weighted by molar-refractivity contribution is 0.192. The number of aromatic nitrogens is 4. The number of nitrogens with zero attached hydrogens (tertiary/aromatic N) is 5. The standard InChI is InChI=1S/C19H23N5O2/c1-23-17(12-25)21-22-18(23)15-8-5-9-24(10-15)11-16-13-26-19(20-16)14-6-3-2-4-7-14/h2-4,6-7,13,15,25H,5,8-12H2,1H3/t15-/m1/s1. The summed E-state index contributed by atoms with van der Waals surface area (Å²) in [4.78, 5) is 7.02. The van der Waals surface area contributed by atoms with E-state index >= 15 is 0 Å². The van der Waals surface area contributed by atoms with Crippen molar-refractivity contribution in [3.8, 4) is 11.5 Å². The molecule has 2 aromatic heterocycles. The van der Waals surface area contributed by atoms with Gasteiger partial charge in [0.25, 0.3) is 0 Å². The minimum absolute atomic E-state index is 0.0822. The minimum Gasteiger partial charge on any atom is -0.444 e. The van der Waals surface area contributed by atoms with Gasteiger partial charge in [0, 0.05) is 31.6 Å². The van der Waals surface area contributed by atoms with E-state index in [1.165, 1.54) is 0 Å². The van der Waals surface area contributed by atoms with Crippen LogP contribution < -0.4 is 0 Å². The molecule has 3 aromatic rings. The van der Waals surface area contributed by atoms with Crippen LogP contribution in [0.25, 0.3) is 11.5 Å². The van der Waals surface area contributed by atoms with Crippen LogP contribution in [-0.4, -0.2) is 42.8 Å². The summed E-state index contributed by atoms with van der Waals surface area (Å²) in [7, 11) is 1.92. The molecule has 0 radical (unpaired) electrons. The molecule has 0 amide bonds. The minimum atomic E-state index is -0.0822. The van der Waals surface area contributed by atoms with E-state index in [9.17, 15) is 5.11 Å². The maximum atomic E-state index is 9.32. The molecular weight excluding hydrogens is 330 g/mol. The first-order chi connectivity index (χ1) is 12.7. The van der Waals surface area contributed by atoms with E-state index in [0.717, 1.165) is 49.6 Å². The molecule has 0 bridgehead atoms. The maximum Gasteiger partial charge on any atom is 0.226 e. The van der Waals surface area contributed by atoms with E-state index in [1.54, 1.807) is 6.26 Å². The number of hydrogen-bond donors (Lipinski definition) is 1. The lowest BCUT2D eigenvalue weighted by Gasteiger charge is -2.31. The first-order valence-electron chi connectivity index (χ1n) is 8.96. The fourth-order valence-corrected chi connectivity index (χ4v) is 3.60. The molecule has 0 saturated carbocycles. The summed E-state index contributed by atoms with van der Waals surface area (Å²) < 4.78 is 7.56. The van der Waals surface area contributed by atoms with Crippen LogP contribution in [0.5, 0.6) is 0 Å². The molecule has 0 aliphatic carbocycles. The Kier molecular flexibility index (Phi) is 4.81. The Bertz CT molecular complexity index is 858. The second-order valence-electron chi connectivity index (χ2n) is 6.78. The Morgan fingerprint density at radius 1 is 1.23 bits per heavy atom. The van der Waals surface area contributed by atoms with E-state index in [4.69, 9.17) is 4.42 Å². The largest absolute Gasteiger partial charge is 0.444 e. The molecule has 1 N–H and O–H groups in total. The molecule has 1 atom stereocenters. The van der Waals surface area contributed by atoms with Crippen LogP contribution in [0, 0.1) is 0 Å². The zero-order chi connectivity index (χ0) is 17.9. The van der Waals surface area contributed by atoms with E-state index in [1.807, 2.05) is 41.9 Å². The molecule has 0 unspecified atom stereocenters. The van der Waals surface area contributed by atoms with Gasteiger partial charge in [0.1, 0.15) is 18.7 Å². The van der Waals surface area contributed by atoms with Crippen LogP contribution >= 0.6 is 0 Å². The summed E-state index contributed by atoms with van der Waals surface area (Å²) in [5.41, 5.74) is 1.93. The normalized spacial score (nSPS) is 18.3.